The van der Waals surface area contributed by atoms with E-state index >= 15 is 0 Å². The van der Waals surface area contributed by atoms with E-state index < -0.39 is 0 Å². The number of fused-ring (bicyclic) bond motifs is 1. The molecule has 0 saturated heterocycles. The Balaban J connectivity index is 1.99. The van der Waals surface area contributed by atoms with Gasteiger partial charge in [0.25, 0.3) is 11.7 Å². The molecule has 7 heteroatoms. The van der Waals surface area contributed by atoms with Gasteiger partial charge in [-0.25, -0.2) is 4.99 Å². The highest BCUT2D eigenvalue weighted by atomic mass is 16.3. The number of hydrogen-bond acceptors (Lipinski definition) is 5. The summed E-state index contributed by atoms with van der Waals surface area (Å²) in [5, 5.41) is 10.5. The molecule has 3 aromatic heterocycles. The largest absolute Gasteiger partial charge is 0.463 e. The van der Waals surface area contributed by atoms with Gasteiger partial charge in [-0.3, -0.25) is 5.10 Å². The Bertz CT molecular complexity index is 589. The molecule has 0 radical (unpaired) electrons. The first kappa shape index (κ1) is 7.92. The molecule has 0 bridgehead atoms. The predicted octanol–water partition coefficient (Wildman–Crippen LogP) is 0.796. The number of aromatic nitrogens is 5. The quantitative estimate of drug-likeness (QED) is 0.623. The van der Waals surface area contributed by atoms with Crippen LogP contribution in [-0.2, 0) is 0 Å². The molecule has 15 heavy (non-hydrogen) atoms. The minimum Gasteiger partial charge on any atom is -0.463 e. The van der Waals surface area contributed by atoms with Crippen LogP contribution in [0.25, 0.3) is 5.78 Å². The van der Waals surface area contributed by atoms with Crippen LogP contribution < -0.4 is 0 Å². The van der Waals surface area contributed by atoms with E-state index in [4.69, 9.17) is 4.42 Å². The summed E-state index contributed by atoms with van der Waals surface area (Å²) in [7, 11) is 0. The first-order valence-corrected chi connectivity index (χ1v) is 4.25. The number of rotatable bonds is 2. The van der Waals surface area contributed by atoms with Gasteiger partial charge in [0.1, 0.15) is 12.1 Å². The number of nitrogens with one attached hydrogen (secondary N) is 1. The van der Waals surface area contributed by atoms with Crippen molar-refractivity contribution in [3.8, 4) is 0 Å². The highest BCUT2D eigenvalue weighted by molar-refractivity contribution is 5.77. The molecule has 0 aliphatic carbocycles. The van der Waals surface area contributed by atoms with Crippen LogP contribution >= 0.6 is 0 Å². The van der Waals surface area contributed by atoms with Crippen LogP contribution in [0.2, 0.25) is 0 Å². The van der Waals surface area contributed by atoms with E-state index in [-0.39, 0.29) is 0 Å². The molecule has 0 fully saturated rings. The molecule has 3 aromatic rings. The van der Waals surface area contributed by atoms with Gasteiger partial charge in [0.2, 0.25) is 0 Å². The zero-order chi connectivity index (χ0) is 10.1. The summed E-state index contributed by atoms with van der Waals surface area (Å²) in [6, 6.07) is 3.59. The van der Waals surface area contributed by atoms with Crippen molar-refractivity contribution in [1.82, 2.24) is 24.8 Å². The number of nitrogens with zero attached hydrogens (tertiary/aromatic N) is 5. The van der Waals surface area contributed by atoms with Crippen molar-refractivity contribution < 1.29 is 4.42 Å². The summed E-state index contributed by atoms with van der Waals surface area (Å²) in [6.45, 7) is 0. The Hall–Kier alpha value is -2.44. The second-order valence-corrected chi connectivity index (χ2v) is 2.80. The van der Waals surface area contributed by atoms with Gasteiger partial charge in [-0.15, -0.1) is 10.2 Å². The monoisotopic (exact) mass is 202 g/mol. The van der Waals surface area contributed by atoms with Gasteiger partial charge in [-0.05, 0) is 12.1 Å². The van der Waals surface area contributed by atoms with Crippen molar-refractivity contribution in [1.29, 1.82) is 0 Å². The summed E-state index contributed by atoms with van der Waals surface area (Å²) in [5.41, 5.74) is 0. The normalized spacial score (nSPS) is 11.7. The lowest BCUT2D eigenvalue weighted by Crippen LogP contribution is -1.83. The fourth-order valence-electron chi connectivity index (χ4n) is 1.18. The standard InChI is InChI=1S/C8H6N6O/c1-2-6(15-3-1)4-9-7-12-13-8-10-5-11-14(7)8/h1-5H,(H,10,11,13)/b9-4+. The van der Waals surface area contributed by atoms with Crippen LogP contribution in [0.4, 0.5) is 5.95 Å². The van der Waals surface area contributed by atoms with Gasteiger partial charge >= 0.3 is 0 Å². The maximum absolute atomic E-state index is 5.09. The first-order chi connectivity index (χ1) is 7.43. The van der Waals surface area contributed by atoms with Gasteiger partial charge < -0.3 is 4.42 Å². The highest BCUT2D eigenvalue weighted by Gasteiger charge is 2.04. The molecule has 0 aliphatic heterocycles. The van der Waals surface area contributed by atoms with Gasteiger partial charge in [0.05, 0.1) is 12.5 Å². The molecular weight excluding hydrogens is 196 g/mol. The fourth-order valence-corrected chi connectivity index (χ4v) is 1.18. The fraction of sp³-hybridized carbons (Fsp3) is 0. The second kappa shape index (κ2) is 3.05. The first-order valence-electron chi connectivity index (χ1n) is 4.25. The second-order valence-electron chi connectivity index (χ2n) is 2.80. The molecule has 0 aliphatic rings. The van der Waals surface area contributed by atoms with Crippen molar-refractivity contribution in [2.24, 2.45) is 4.99 Å². The third-order valence-corrected chi connectivity index (χ3v) is 1.85. The van der Waals surface area contributed by atoms with E-state index in [1.807, 2.05) is 0 Å². The summed E-state index contributed by atoms with van der Waals surface area (Å²) in [4.78, 5) is 8.03. The van der Waals surface area contributed by atoms with E-state index in [1.54, 1.807) is 29.1 Å². The lowest BCUT2D eigenvalue weighted by molar-refractivity contribution is 0.560. The molecule has 7 nitrogen and oxygen atoms in total. The number of H-pyrrole nitrogens is 1. The molecule has 0 unspecified atom stereocenters. The van der Waals surface area contributed by atoms with Crippen molar-refractivity contribution >= 4 is 17.9 Å². The van der Waals surface area contributed by atoms with Crippen molar-refractivity contribution in [3.63, 3.8) is 0 Å². The highest BCUT2D eigenvalue weighted by Crippen LogP contribution is 2.07. The smallest absolute Gasteiger partial charge is 0.273 e. The SMILES string of the molecule is C(=N\c1nnc2nc[nH]n12)/c1ccco1. The van der Waals surface area contributed by atoms with E-state index in [0.717, 1.165) is 0 Å². The average Bonchev–Trinajstić information content (AvgIpc) is 2.93. The predicted molar refractivity (Wildman–Crippen MR) is 51.1 cm³/mol. The van der Waals surface area contributed by atoms with E-state index in [1.165, 1.54) is 6.33 Å². The molecule has 3 heterocycles. The van der Waals surface area contributed by atoms with Gasteiger partial charge in [0, 0.05) is 0 Å². The van der Waals surface area contributed by atoms with Crippen molar-refractivity contribution in [3.05, 3.63) is 30.5 Å². The summed E-state index contributed by atoms with van der Waals surface area (Å²) in [6.07, 6.45) is 4.67. The Morgan fingerprint density at radius 1 is 1.47 bits per heavy atom. The van der Waals surface area contributed by atoms with E-state index in [0.29, 0.717) is 17.5 Å². The topological polar surface area (TPSA) is 84.4 Å². The Morgan fingerprint density at radius 3 is 3.33 bits per heavy atom. The summed E-state index contributed by atoms with van der Waals surface area (Å²) >= 11 is 0. The Kier molecular flexibility index (Phi) is 1.61. The molecule has 0 saturated carbocycles. The summed E-state index contributed by atoms with van der Waals surface area (Å²) < 4.78 is 6.66. The van der Waals surface area contributed by atoms with Crippen molar-refractivity contribution in [2.75, 3.05) is 0 Å². The zero-order valence-corrected chi connectivity index (χ0v) is 7.53. The maximum Gasteiger partial charge on any atom is 0.273 e. The molecule has 0 aromatic carbocycles. The number of furan rings is 1. The van der Waals surface area contributed by atoms with Gasteiger partial charge in [0.15, 0.2) is 0 Å². The molecule has 0 amide bonds. The number of aromatic amines is 1. The van der Waals surface area contributed by atoms with Crippen molar-refractivity contribution in [2.45, 2.75) is 0 Å². The minimum atomic E-state index is 0.430. The Labute approximate surface area is 83.5 Å². The van der Waals surface area contributed by atoms with Crippen LogP contribution in [0, 0.1) is 0 Å². The third kappa shape index (κ3) is 1.30. The minimum absolute atomic E-state index is 0.430. The molecule has 0 atom stereocenters. The van der Waals surface area contributed by atoms with Gasteiger partial charge in [-0.1, -0.05) is 0 Å². The molecule has 74 valence electrons. The molecule has 1 N–H and O–H groups in total. The number of aliphatic imine (C=N–C) groups is 1. The maximum atomic E-state index is 5.09. The lowest BCUT2D eigenvalue weighted by atomic mass is 10.5. The molecular formula is C8H6N6O. The lowest BCUT2D eigenvalue weighted by Gasteiger charge is -1.85. The average molecular weight is 202 g/mol. The molecule has 3 rings (SSSR count). The molecule has 0 spiro atoms. The third-order valence-electron chi connectivity index (χ3n) is 1.85. The van der Waals surface area contributed by atoms with E-state index in [2.05, 4.69) is 25.3 Å². The van der Waals surface area contributed by atoms with Crippen LogP contribution in [0.1, 0.15) is 5.76 Å². The van der Waals surface area contributed by atoms with Crippen LogP contribution in [0.5, 0.6) is 0 Å². The zero-order valence-electron chi connectivity index (χ0n) is 7.53. The number of hydrogen-bond donors (Lipinski definition) is 1. The van der Waals surface area contributed by atoms with Crippen LogP contribution in [-0.4, -0.2) is 31.0 Å². The van der Waals surface area contributed by atoms with Crippen LogP contribution in [0.3, 0.4) is 0 Å². The van der Waals surface area contributed by atoms with Crippen LogP contribution in [0.15, 0.2) is 34.1 Å². The Morgan fingerprint density at radius 2 is 2.47 bits per heavy atom. The summed E-state index contributed by atoms with van der Waals surface area (Å²) in [5.74, 6) is 1.58. The van der Waals surface area contributed by atoms with E-state index in [9.17, 15) is 0 Å². The van der Waals surface area contributed by atoms with Gasteiger partial charge in [-0.2, -0.15) is 9.50 Å².